The van der Waals surface area contributed by atoms with Crippen LogP contribution < -0.4 is 5.73 Å². The predicted octanol–water partition coefficient (Wildman–Crippen LogP) is 3.98. The summed E-state index contributed by atoms with van der Waals surface area (Å²) in [6.07, 6.45) is 0. The Bertz CT molecular complexity index is 666. The molecule has 0 atom stereocenters. The topological polar surface area (TPSA) is 63.3 Å². The minimum atomic E-state index is -0.329. The quantitative estimate of drug-likeness (QED) is 0.663. The Kier molecular flexibility index (Phi) is 4.00. The van der Waals surface area contributed by atoms with Gasteiger partial charge in [0.15, 0.2) is 5.78 Å². The number of hydrogen-bond acceptors (Lipinski definition) is 3. The first-order valence-corrected chi connectivity index (χ1v) is 6.71. The molecular weight excluding hydrogens is 274 g/mol. The summed E-state index contributed by atoms with van der Waals surface area (Å²) in [7, 11) is 0. The highest BCUT2D eigenvalue weighted by atomic mass is 35.5. The van der Waals surface area contributed by atoms with Crippen LogP contribution >= 0.6 is 11.6 Å². The average Bonchev–Trinajstić information content (AvgIpc) is 2.40. The van der Waals surface area contributed by atoms with E-state index in [2.05, 4.69) is 0 Å². The molecule has 104 valence electrons. The summed E-state index contributed by atoms with van der Waals surface area (Å²) >= 11 is 6.04. The van der Waals surface area contributed by atoms with Crippen molar-refractivity contribution in [3.63, 3.8) is 0 Å². The molecule has 20 heavy (non-hydrogen) atoms. The van der Waals surface area contributed by atoms with Crippen LogP contribution in [0.25, 0.3) is 0 Å². The molecule has 0 aliphatic carbocycles. The highest BCUT2D eigenvalue weighted by Gasteiger charge is 2.20. The monoisotopic (exact) mass is 289 g/mol. The molecule has 0 saturated heterocycles. The molecule has 0 aliphatic rings. The number of halogens is 1. The van der Waals surface area contributed by atoms with Crippen molar-refractivity contribution in [3.05, 3.63) is 58.1 Å². The van der Waals surface area contributed by atoms with Crippen LogP contribution in [0.2, 0.25) is 5.02 Å². The first-order chi connectivity index (χ1) is 9.41. The third-order valence-electron chi connectivity index (χ3n) is 3.18. The maximum Gasteiger partial charge on any atom is 0.198 e. The SMILES string of the molecule is CC(C)c1cc(Cl)cc(C(=O)c2ccccc2N)c1O. The summed E-state index contributed by atoms with van der Waals surface area (Å²) in [6.45, 7) is 3.85. The number of phenolic OH excluding ortho intramolecular Hbond substituents is 1. The molecular formula is C16H16ClNO2. The van der Waals surface area contributed by atoms with Crippen molar-refractivity contribution in [1.29, 1.82) is 0 Å². The summed E-state index contributed by atoms with van der Waals surface area (Å²) in [4.78, 5) is 12.5. The summed E-state index contributed by atoms with van der Waals surface area (Å²) in [5.74, 6) is -0.295. The average molecular weight is 290 g/mol. The smallest absolute Gasteiger partial charge is 0.198 e. The van der Waals surface area contributed by atoms with Crippen molar-refractivity contribution in [2.24, 2.45) is 0 Å². The number of carbonyl (C=O) groups excluding carboxylic acids is 1. The van der Waals surface area contributed by atoms with Gasteiger partial charge in [-0.05, 0) is 35.7 Å². The van der Waals surface area contributed by atoms with Gasteiger partial charge in [0.25, 0.3) is 0 Å². The number of para-hydroxylation sites is 1. The standard InChI is InChI=1S/C16H16ClNO2/c1-9(2)12-7-10(17)8-13(16(12)20)15(19)11-5-3-4-6-14(11)18/h3-9,20H,18H2,1-2H3. The lowest BCUT2D eigenvalue weighted by Gasteiger charge is -2.13. The van der Waals surface area contributed by atoms with Crippen molar-refractivity contribution in [2.75, 3.05) is 5.73 Å². The van der Waals surface area contributed by atoms with Gasteiger partial charge in [0.2, 0.25) is 0 Å². The summed E-state index contributed by atoms with van der Waals surface area (Å²) < 4.78 is 0. The zero-order chi connectivity index (χ0) is 14.9. The van der Waals surface area contributed by atoms with E-state index >= 15 is 0 Å². The number of carbonyl (C=O) groups is 1. The lowest BCUT2D eigenvalue weighted by molar-refractivity contribution is 0.103. The van der Waals surface area contributed by atoms with Crippen molar-refractivity contribution in [1.82, 2.24) is 0 Å². The normalized spacial score (nSPS) is 10.8. The number of aromatic hydroxyl groups is 1. The van der Waals surface area contributed by atoms with E-state index in [4.69, 9.17) is 17.3 Å². The highest BCUT2D eigenvalue weighted by molar-refractivity contribution is 6.31. The molecule has 4 heteroatoms. The van der Waals surface area contributed by atoms with Crippen molar-refractivity contribution < 1.29 is 9.90 Å². The largest absolute Gasteiger partial charge is 0.507 e. The minimum absolute atomic E-state index is 0.0300. The van der Waals surface area contributed by atoms with Gasteiger partial charge in [-0.1, -0.05) is 37.6 Å². The molecule has 0 aromatic heterocycles. The van der Waals surface area contributed by atoms with E-state index in [9.17, 15) is 9.90 Å². The zero-order valence-electron chi connectivity index (χ0n) is 11.4. The Morgan fingerprint density at radius 3 is 2.45 bits per heavy atom. The van der Waals surface area contributed by atoms with Crippen LogP contribution in [-0.4, -0.2) is 10.9 Å². The molecule has 0 fully saturated rings. The van der Waals surface area contributed by atoms with E-state index in [0.29, 0.717) is 21.8 Å². The van der Waals surface area contributed by atoms with Gasteiger partial charge in [0.1, 0.15) is 5.75 Å². The molecule has 0 aliphatic heterocycles. The van der Waals surface area contributed by atoms with Crippen LogP contribution in [0.5, 0.6) is 5.75 Å². The highest BCUT2D eigenvalue weighted by Crippen LogP contribution is 2.34. The number of rotatable bonds is 3. The fourth-order valence-corrected chi connectivity index (χ4v) is 2.31. The molecule has 0 radical (unpaired) electrons. The van der Waals surface area contributed by atoms with Crippen LogP contribution in [-0.2, 0) is 0 Å². The van der Waals surface area contributed by atoms with E-state index in [-0.39, 0.29) is 23.0 Å². The van der Waals surface area contributed by atoms with Crippen molar-refractivity contribution in [3.8, 4) is 5.75 Å². The third-order valence-corrected chi connectivity index (χ3v) is 3.39. The molecule has 2 rings (SSSR count). The molecule has 0 unspecified atom stereocenters. The Hall–Kier alpha value is -2.00. The van der Waals surface area contributed by atoms with E-state index in [1.165, 1.54) is 6.07 Å². The van der Waals surface area contributed by atoms with Crippen LogP contribution in [0.1, 0.15) is 41.3 Å². The van der Waals surface area contributed by atoms with Crippen LogP contribution in [0, 0.1) is 0 Å². The summed E-state index contributed by atoms with van der Waals surface area (Å²) in [6, 6.07) is 9.91. The zero-order valence-corrected chi connectivity index (χ0v) is 12.1. The molecule has 3 N–H and O–H groups in total. The number of benzene rings is 2. The Morgan fingerprint density at radius 1 is 1.20 bits per heavy atom. The Morgan fingerprint density at radius 2 is 1.85 bits per heavy atom. The van der Waals surface area contributed by atoms with Crippen molar-refractivity contribution >= 4 is 23.1 Å². The third kappa shape index (κ3) is 2.63. The second kappa shape index (κ2) is 5.55. The second-order valence-corrected chi connectivity index (χ2v) is 5.40. The van der Waals surface area contributed by atoms with Gasteiger partial charge in [-0.2, -0.15) is 0 Å². The lowest BCUT2D eigenvalue weighted by Crippen LogP contribution is -2.07. The number of anilines is 1. The van der Waals surface area contributed by atoms with E-state index in [1.54, 1.807) is 30.3 Å². The van der Waals surface area contributed by atoms with Crippen LogP contribution in [0.15, 0.2) is 36.4 Å². The van der Waals surface area contributed by atoms with Gasteiger partial charge in [-0.25, -0.2) is 0 Å². The number of nitrogens with two attached hydrogens (primary N) is 1. The predicted molar refractivity (Wildman–Crippen MR) is 81.5 cm³/mol. The maximum atomic E-state index is 12.5. The van der Waals surface area contributed by atoms with E-state index in [1.807, 2.05) is 13.8 Å². The van der Waals surface area contributed by atoms with Gasteiger partial charge in [0.05, 0.1) is 5.56 Å². The van der Waals surface area contributed by atoms with Crippen LogP contribution in [0.4, 0.5) is 5.69 Å². The molecule has 0 bridgehead atoms. The molecule has 2 aromatic carbocycles. The number of nitrogen functional groups attached to an aromatic ring is 1. The first kappa shape index (κ1) is 14.4. The summed E-state index contributed by atoms with van der Waals surface area (Å²) in [5, 5.41) is 10.7. The molecule has 3 nitrogen and oxygen atoms in total. The van der Waals surface area contributed by atoms with Gasteiger partial charge in [0, 0.05) is 16.3 Å². The molecule has 0 amide bonds. The lowest BCUT2D eigenvalue weighted by atomic mass is 9.94. The van der Waals surface area contributed by atoms with E-state index < -0.39 is 0 Å². The van der Waals surface area contributed by atoms with Gasteiger partial charge in [-0.15, -0.1) is 0 Å². The first-order valence-electron chi connectivity index (χ1n) is 6.33. The Labute approximate surface area is 123 Å². The molecule has 0 spiro atoms. The van der Waals surface area contributed by atoms with Gasteiger partial charge in [-0.3, -0.25) is 4.79 Å². The van der Waals surface area contributed by atoms with Crippen LogP contribution in [0.3, 0.4) is 0 Å². The molecule has 0 heterocycles. The fourth-order valence-electron chi connectivity index (χ4n) is 2.08. The van der Waals surface area contributed by atoms with Gasteiger partial charge >= 0.3 is 0 Å². The minimum Gasteiger partial charge on any atom is -0.507 e. The maximum absolute atomic E-state index is 12.5. The number of phenols is 1. The summed E-state index contributed by atoms with van der Waals surface area (Å²) in [5.41, 5.74) is 7.38. The number of ketones is 1. The Balaban J connectivity index is 2.59. The van der Waals surface area contributed by atoms with Gasteiger partial charge < -0.3 is 10.8 Å². The fraction of sp³-hybridized carbons (Fsp3) is 0.188. The van der Waals surface area contributed by atoms with E-state index in [0.717, 1.165) is 0 Å². The molecule has 2 aromatic rings. The number of hydrogen-bond donors (Lipinski definition) is 2. The second-order valence-electron chi connectivity index (χ2n) is 4.96. The van der Waals surface area contributed by atoms with Crippen molar-refractivity contribution in [2.45, 2.75) is 19.8 Å². The molecule has 0 saturated carbocycles.